The smallest absolute Gasteiger partial charge is 0.215 e. The van der Waals surface area contributed by atoms with Crippen molar-refractivity contribution in [3.05, 3.63) is 36.4 Å². The summed E-state index contributed by atoms with van der Waals surface area (Å²) in [6, 6.07) is 5.70. The number of rotatable bonds is 6. The normalized spacial score (nSPS) is 10.2. The third-order valence-corrected chi connectivity index (χ3v) is 2.27. The lowest BCUT2D eigenvalue weighted by molar-refractivity contribution is 0.327. The van der Waals surface area contributed by atoms with E-state index in [1.165, 1.54) is 0 Å². The molecule has 0 fully saturated rings. The highest BCUT2D eigenvalue weighted by Gasteiger charge is 1.98. The Bertz CT molecular complexity index is 442. The van der Waals surface area contributed by atoms with E-state index >= 15 is 0 Å². The van der Waals surface area contributed by atoms with Crippen LogP contribution >= 0.6 is 0 Å². The molecule has 0 saturated heterocycles. The molecule has 5 heteroatoms. The molecule has 0 aliphatic carbocycles. The van der Waals surface area contributed by atoms with Crippen LogP contribution in [0.3, 0.4) is 0 Å². The third-order valence-electron chi connectivity index (χ3n) is 2.27. The fraction of sp³-hybridized carbons (Fsp3) is 0.333. The fourth-order valence-electron chi connectivity index (χ4n) is 1.49. The molecular formula is C12H16N4O. The first-order chi connectivity index (χ1) is 8.38. The van der Waals surface area contributed by atoms with E-state index in [0.717, 1.165) is 24.5 Å². The van der Waals surface area contributed by atoms with E-state index in [1.54, 1.807) is 6.33 Å². The van der Waals surface area contributed by atoms with Gasteiger partial charge in [0, 0.05) is 30.9 Å². The number of ether oxygens (including phenoxy) is 1. The SMILES string of the molecule is CCOc1cccc(NCCc2cnc[nH]2)n1. The summed E-state index contributed by atoms with van der Waals surface area (Å²) in [6.07, 6.45) is 4.40. The Kier molecular flexibility index (Phi) is 3.96. The van der Waals surface area contributed by atoms with Crippen molar-refractivity contribution in [1.29, 1.82) is 0 Å². The summed E-state index contributed by atoms with van der Waals surface area (Å²) in [7, 11) is 0. The van der Waals surface area contributed by atoms with E-state index in [9.17, 15) is 0 Å². The van der Waals surface area contributed by atoms with Crippen molar-refractivity contribution in [2.24, 2.45) is 0 Å². The maximum atomic E-state index is 5.33. The number of aromatic nitrogens is 3. The highest BCUT2D eigenvalue weighted by atomic mass is 16.5. The quantitative estimate of drug-likeness (QED) is 0.798. The van der Waals surface area contributed by atoms with Crippen molar-refractivity contribution in [3.63, 3.8) is 0 Å². The Balaban J connectivity index is 1.84. The molecule has 0 saturated carbocycles. The maximum Gasteiger partial charge on any atom is 0.215 e. The van der Waals surface area contributed by atoms with Crippen molar-refractivity contribution in [3.8, 4) is 5.88 Å². The van der Waals surface area contributed by atoms with E-state index in [1.807, 2.05) is 31.3 Å². The van der Waals surface area contributed by atoms with Crippen LogP contribution in [0.1, 0.15) is 12.6 Å². The molecule has 2 aromatic rings. The van der Waals surface area contributed by atoms with E-state index in [4.69, 9.17) is 4.74 Å². The van der Waals surface area contributed by atoms with Gasteiger partial charge in [0.25, 0.3) is 0 Å². The first-order valence-corrected chi connectivity index (χ1v) is 5.69. The summed E-state index contributed by atoms with van der Waals surface area (Å²) in [5.41, 5.74) is 1.11. The minimum absolute atomic E-state index is 0.630. The Morgan fingerprint density at radius 1 is 1.41 bits per heavy atom. The van der Waals surface area contributed by atoms with Crippen LogP contribution in [0.15, 0.2) is 30.7 Å². The van der Waals surface area contributed by atoms with Gasteiger partial charge >= 0.3 is 0 Å². The molecule has 5 nitrogen and oxygen atoms in total. The number of pyridine rings is 1. The second-order valence-corrected chi connectivity index (χ2v) is 3.55. The summed E-state index contributed by atoms with van der Waals surface area (Å²) in [5, 5.41) is 3.24. The first-order valence-electron chi connectivity index (χ1n) is 5.69. The molecule has 0 spiro atoms. The van der Waals surface area contributed by atoms with Gasteiger partial charge in [0.15, 0.2) is 0 Å². The minimum Gasteiger partial charge on any atom is -0.478 e. The molecule has 0 aromatic carbocycles. The average Bonchev–Trinajstić information content (AvgIpc) is 2.83. The van der Waals surface area contributed by atoms with Crippen molar-refractivity contribution >= 4 is 5.82 Å². The second-order valence-electron chi connectivity index (χ2n) is 3.55. The number of imidazole rings is 1. The zero-order valence-electron chi connectivity index (χ0n) is 9.81. The van der Waals surface area contributed by atoms with Crippen molar-refractivity contribution in [2.75, 3.05) is 18.5 Å². The van der Waals surface area contributed by atoms with Crippen molar-refractivity contribution < 1.29 is 4.74 Å². The maximum absolute atomic E-state index is 5.33. The lowest BCUT2D eigenvalue weighted by Crippen LogP contribution is -2.07. The van der Waals surface area contributed by atoms with Gasteiger partial charge in [-0.25, -0.2) is 4.98 Å². The van der Waals surface area contributed by atoms with E-state index in [0.29, 0.717) is 12.5 Å². The van der Waals surface area contributed by atoms with Gasteiger partial charge in [-0.3, -0.25) is 0 Å². The Morgan fingerprint density at radius 3 is 3.12 bits per heavy atom. The van der Waals surface area contributed by atoms with Gasteiger partial charge in [0.2, 0.25) is 5.88 Å². The van der Waals surface area contributed by atoms with E-state index < -0.39 is 0 Å². The van der Waals surface area contributed by atoms with Crippen LogP contribution in [0.5, 0.6) is 5.88 Å². The highest BCUT2D eigenvalue weighted by molar-refractivity contribution is 5.37. The highest BCUT2D eigenvalue weighted by Crippen LogP contribution is 2.11. The molecule has 17 heavy (non-hydrogen) atoms. The van der Waals surface area contributed by atoms with Gasteiger partial charge in [-0.1, -0.05) is 6.07 Å². The van der Waals surface area contributed by atoms with Gasteiger partial charge < -0.3 is 15.0 Å². The molecule has 0 aliphatic heterocycles. The van der Waals surface area contributed by atoms with Crippen LogP contribution in [0.2, 0.25) is 0 Å². The largest absolute Gasteiger partial charge is 0.478 e. The molecule has 2 N–H and O–H groups in total. The molecular weight excluding hydrogens is 216 g/mol. The molecule has 0 atom stereocenters. The molecule has 2 aromatic heterocycles. The third kappa shape index (κ3) is 3.48. The minimum atomic E-state index is 0.630. The Morgan fingerprint density at radius 2 is 2.35 bits per heavy atom. The van der Waals surface area contributed by atoms with Gasteiger partial charge in [0.1, 0.15) is 5.82 Å². The number of H-pyrrole nitrogens is 1. The van der Waals surface area contributed by atoms with Crippen LogP contribution in [0, 0.1) is 0 Å². The van der Waals surface area contributed by atoms with Crippen molar-refractivity contribution in [1.82, 2.24) is 15.0 Å². The van der Waals surface area contributed by atoms with E-state index in [-0.39, 0.29) is 0 Å². The van der Waals surface area contributed by atoms with E-state index in [2.05, 4.69) is 20.3 Å². The summed E-state index contributed by atoms with van der Waals surface area (Å²) in [6.45, 7) is 3.38. The van der Waals surface area contributed by atoms with Gasteiger partial charge in [0.05, 0.1) is 12.9 Å². The number of hydrogen-bond acceptors (Lipinski definition) is 4. The zero-order valence-corrected chi connectivity index (χ0v) is 9.81. The Hall–Kier alpha value is -2.04. The average molecular weight is 232 g/mol. The van der Waals surface area contributed by atoms with Crippen LogP contribution in [0.25, 0.3) is 0 Å². The number of aromatic amines is 1. The summed E-state index contributed by atoms with van der Waals surface area (Å²) < 4.78 is 5.33. The van der Waals surface area contributed by atoms with Crippen molar-refractivity contribution in [2.45, 2.75) is 13.3 Å². The summed E-state index contributed by atoms with van der Waals surface area (Å²) in [5.74, 6) is 1.48. The van der Waals surface area contributed by atoms with Gasteiger partial charge in [-0.2, -0.15) is 4.98 Å². The lowest BCUT2D eigenvalue weighted by Gasteiger charge is -2.06. The number of anilines is 1. The molecule has 2 rings (SSSR count). The van der Waals surface area contributed by atoms with Crippen LogP contribution in [-0.2, 0) is 6.42 Å². The molecule has 0 amide bonds. The molecule has 0 bridgehead atoms. The van der Waals surface area contributed by atoms with Gasteiger partial charge in [-0.15, -0.1) is 0 Å². The topological polar surface area (TPSA) is 62.8 Å². The Labute approximate surface area is 100 Å². The van der Waals surface area contributed by atoms with Crippen LogP contribution < -0.4 is 10.1 Å². The number of hydrogen-bond donors (Lipinski definition) is 2. The lowest BCUT2D eigenvalue weighted by atomic mass is 10.3. The predicted octanol–water partition coefficient (Wildman–Crippen LogP) is 1.86. The standard InChI is InChI=1S/C12H16N4O/c1-2-17-12-5-3-4-11(16-12)14-7-6-10-8-13-9-15-10/h3-5,8-9H,2,6-7H2,1H3,(H,13,15)(H,14,16). The van der Waals surface area contributed by atoms with Crippen LogP contribution in [0.4, 0.5) is 5.82 Å². The molecule has 2 heterocycles. The molecule has 90 valence electrons. The fourth-order valence-corrected chi connectivity index (χ4v) is 1.49. The molecule has 0 unspecified atom stereocenters. The first kappa shape index (κ1) is 11.4. The summed E-state index contributed by atoms with van der Waals surface area (Å²) >= 11 is 0. The summed E-state index contributed by atoms with van der Waals surface area (Å²) in [4.78, 5) is 11.3. The zero-order chi connectivity index (χ0) is 11.9. The number of nitrogens with zero attached hydrogens (tertiary/aromatic N) is 2. The van der Waals surface area contributed by atoms with Crippen LogP contribution in [-0.4, -0.2) is 28.1 Å². The molecule has 0 aliphatic rings. The van der Waals surface area contributed by atoms with Gasteiger partial charge in [-0.05, 0) is 13.0 Å². The predicted molar refractivity (Wildman–Crippen MR) is 66.2 cm³/mol. The monoisotopic (exact) mass is 232 g/mol. The second kappa shape index (κ2) is 5.89. The number of nitrogens with one attached hydrogen (secondary N) is 2. The molecule has 0 radical (unpaired) electrons.